The van der Waals surface area contributed by atoms with E-state index < -0.39 is 0 Å². The maximum atomic E-state index is 13.0. The third kappa shape index (κ3) is 4.39. The van der Waals surface area contributed by atoms with Crippen molar-refractivity contribution in [1.82, 2.24) is 4.90 Å². The minimum Gasteiger partial charge on any atom is -0.326 e. The lowest BCUT2D eigenvalue weighted by molar-refractivity contribution is -0.121. The summed E-state index contributed by atoms with van der Waals surface area (Å²) >= 11 is 0. The van der Waals surface area contributed by atoms with Crippen molar-refractivity contribution < 1.29 is 9.18 Å². The Balaban J connectivity index is 1.57. The third-order valence-electron chi connectivity index (χ3n) is 4.24. The van der Waals surface area contributed by atoms with Crippen molar-refractivity contribution in [3.8, 4) is 0 Å². The number of para-hydroxylation sites is 1. The number of rotatable bonds is 4. The maximum absolute atomic E-state index is 13.0. The number of piperidine rings is 1. The minimum atomic E-state index is -0.215. The fourth-order valence-electron chi connectivity index (χ4n) is 3.03. The standard InChI is InChI=1S/C19H21FN2O/c20-17-10-8-15(9-11-17)13-22-12-4-5-16(14-22)19(23)21-18-6-2-1-3-7-18/h1-3,6-11,16H,4-5,12-14H2,(H,21,23). The molecule has 4 heteroatoms. The number of hydrogen-bond acceptors (Lipinski definition) is 2. The molecule has 0 aromatic heterocycles. The molecule has 1 fully saturated rings. The average Bonchev–Trinajstić information content (AvgIpc) is 2.58. The molecule has 1 amide bonds. The summed E-state index contributed by atoms with van der Waals surface area (Å²) in [7, 11) is 0. The van der Waals surface area contributed by atoms with Gasteiger partial charge in [0.25, 0.3) is 0 Å². The lowest BCUT2D eigenvalue weighted by Gasteiger charge is -2.32. The van der Waals surface area contributed by atoms with Crippen molar-refractivity contribution in [1.29, 1.82) is 0 Å². The number of nitrogens with one attached hydrogen (secondary N) is 1. The van der Waals surface area contributed by atoms with Gasteiger partial charge in [0.2, 0.25) is 5.91 Å². The van der Waals surface area contributed by atoms with Crippen LogP contribution < -0.4 is 5.32 Å². The molecule has 1 heterocycles. The molecule has 1 N–H and O–H groups in total. The Morgan fingerprint density at radius 1 is 1.13 bits per heavy atom. The summed E-state index contributed by atoms with van der Waals surface area (Å²) in [5.41, 5.74) is 1.92. The van der Waals surface area contributed by atoms with E-state index in [-0.39, 0.29) is 17.6 Å². The molecule has 3 rings (SSSR count). The highest BCUT2D eigenvalue weighted by Gasteiger charge is 2.25. The number of nitrogens with zero attached hydrogens (tertiary/aromatic N) is 1. The number of amides is 1. The molecule has 2 aromatic carbocycles. The van der Waals surface area contributed by atoms with Gasteiger partial charge >= 0.3 is 0 Å². The summed E-state index contributed by atoms with van der Waals surface area (Å²) in [5.74, 6) is -0.128. The molecule has 1 aliphatic rings. The number of anilines is 1. The molecule has 23 heavy (non-hydrogen) atoms. The lowest BCUT2D eigenvalue weighted by Crippen LogP contribution is -2.40. The summed E-state index contributed by atoms with van der Waals surface area (Å²) in [6.45, 7) is 2.48. The first-order valence-electron chi connectivity index (χ1n) is 8.03. The molecule has 0 aliphatic carbocycles. The SMILES string of the molecule is O=C(Nc1ccccc1)C1CCCN(Cc2ccc(F)cc2)C1. The van der Waals surface area contributed by atoms with Crippen molar-refractivity contribution in [2.45, 2.75) is 19.4 Å². The molecule has 0 radical (unpaired) electrons. The van der Waals surface area contributed by atoms with Crippen LogP contribution in [0.4, 0.5) is 10.1 Å². The molecular weight excluding hydrogens is 291 g/mol. The van der Waals surface area contributed by atoms with Gasteiger partial charge in [-0.3, -0.25) is 9.69 Å². The van der Waals surface area contributed by atoms with Gasteiger partial charge in [-0.15, -0.1) is 0 Å². The summed E-state index contributed by atoms with van der Waals surface area (Å²) < 4.78 is 13.0. The minimum absolute atomic E-state index is 0.00408. The van der Waals surface area contributed by atoms with Crippen molar-refractivity contribution in [3.05, 3.63) is 66.0 Å². The molecule has 1 atom stereocenters. The van der Waals surface area contributed by atoms with E-state index in [0.29, 0.717) is 0 Å². The fourth-order valence-corrected chi connectivity index (χ4v) is 3.03. The maximum Gasteiger partial charge on any atom is 0.228 e. The molecule has 0 bridgehead atoms. The van der Waals surface area contributed by atoms with E-state index in [4.69, 9.17) is 0 Å². The monoisotopic (exact) mass is 312 g/mol. The summed E-state index contributed by atoms with van der Waals surface area (Å²) in [6, 6.07) is 16.1. The van der Waals surface area contributed by atoms with Crippen molar-refractivity contribution >= 4 is 11.6 Å². The Morgan fingerprint density at radius 3 is 2.61 bits per heavy atom. The van der Waals surface area contributed by atoms with E-state index in [1.165, 1.54) is 12.1 Å². The second kappa shape index (κ2) is 7.38. The first-order valence-corrected chi connectivity index (χ1v) is 8.03. The molecule has 120 valence electrons. The average molecular weight is 312 g/mol. The van der Waals surface area contributed by atoms with Crippen LogP contribution in [0.15, 0.2) is 54.6 Å². The summed E-state index contributed by atoms with van der Waals surface area (Å²) in [6.07, 6.45) is 1.92. The Labute approximate surface area is 136 Å². The zero-order valence-electron chi connectivity index (χ0n) is 13.0. The van der Waals surface area contributed by atoms with E-state index in [1.54, 1.807) is 0 Å². The van der Waals surface area contributed by atoms with Crippen LogP contribution in [0.3, 0.4) is 0 Å². The largest absolute Gasteiger partial charge is 0.326 e. The molecule has 0 spiro atoms. The zero-order chi connectivity index (χ0) is 16.1. The highest BCUT2D eigenvalue weighted by atomic mass is 19.1. The van der Waals surface area contributed by atoms with Crippen molar-refractivity contribution in [2.75, 3.05) is 18.4 Å². The van der Waals surface area contributed by atoms with Gasteiger partial charge in [0.05, 0.1) is 5.92 Å². The number of halogens is 1. The summed E-state index contributed by atoms with van der Waals surface area (Å²) in [5, 5.41) is 2.99. The predicted molar refractivity (Wildman–Crippen MR) is 89.5 cm³/mol. The highest BCUT2D eigenvalue weighted by molar-refractivity contribution is 5.92. The number of carbonyl (C=O) groups is 1. The second-order valence-electron chi connectivity index (χ2n) is 6.06. The van der Waals surface area contributed by atoms with E-state index in [0.717, 1.165) is 43.7 Å². The van der Waals surface area contributed by atoms with Gasteiger partial charge in [-0.2, -0.15) is 0 Å². The van der Waals surface area contributed by atoms with Crippen LogP contribution in [0, 0.1) is 11.7 Å². The number of likely N-dealkylation sites (tertiary alicyclic amines) is 1. The Kier molecular flexibility index (Phi) is 5.03. The van der Waals surface area contributed by atoms with Gasteiger partial charge in [-0.25, -0.2) is 4.39 Å². The summed E-state index contributed by atoms with van der Waals surface area (Å²) in [4.78, 5) is 14.7. The highest BCUT2D eigenvalue weighted by Crippen LogP contribution is 2.20. The molecule has 1 aliphatic heterocycles. The van der Waals surface area contributed by atoms with Crippen molar-refractivity contribution in [2.24, 2.45) is 5.92 Å². The van der Waals surface area contributed by atoms with Gasteiger partial charge in [0.1, 0.15) is 5.82 Å². The van der Waals surface area contributed by atoms with Gasteiger partial charge in [-0.1, -0.05) is 30.3 Å². The topological polar surface area (TPSA) is 32.3 Å². The Bertz CT molecular complexity index is 642. The quantitative estimate of drug-likeness (QED) is 0.934. The zero-order valence-corrected chi connectivity index (χ0v) is 13.0. The normalized spacial score (nSPS) is 18.6. The number of hydrogen-bond donors (Lipinski definition) is 1. The van der Waals surface area contributed by atoms with E-state index in [2.05, 4.69) is 10.2 Å². The molecule has 1 unspecified atom stereocenters. The van der Waals surface area contributed by atoms with Crippen LogP contribution in [0.1, 0.15) is 18.4 Å². The predicted octanol–water partition coefficient (Wildman–Crippen LogP) is 3.68. The van der Waals surface area contributed by atoms with Crippen LogP contribution in [0.5, 0.6) is 0 Å². The Morgan fingerprint density at radius 2 is 1.87 bits per heavy atom. The third-order valence-corrected chi connectivity index (χ3v) is 4.24. The van der Waals surface area contributed by atoms with Crippen LogP contribution in [0.25, 0.3) is 0 Å². The van der Waals surface area contributed by atoms with Crippen LogP contribution >= 0.6 is 0 Å². The van der Waals surface area contributed by atoms with Crippen molar-refractivity contribution in [3.63, 3.8) is 0 Å². The fraction of sp³-hybridized carbons (Fsp3) is 0.316. The molecule has 0 saturated carbocycles. The van der Waals surface area contributed by atoms with E-state index in [1.807, 2.05) is 42.5 Å². The smallest absolute Gasteiger partial charge is 0.228 e. The first-order chi connectivity index (χ1) is 11.2. The number of benzene rings is 2. The van der Waals surface area contributed by atoms with Gasteiger partial charge < -0.3 is 5.32 Å². The molecule has 1 saturated heterocycles. The van der Waals surface area contributed by atoms with Gasteiger partial charge in [0.15, 0.2) is 0 Å². The Hall–Kier alpha value is -2.20. The molecule has 3 nitrogen and oxygen atoms in total. The van der Waals surface area contributed by atoms with E-state index in [9.17, 15) is 9.18 Å². The van der Waals surface area contributed by atoms with Crippen LogP contribution in [-0.4, -0.2) is 23.9 Å². The first kappa shape index (κ1) is 15.7. The molecular formula is C19H21FN2O. The second-order valence-corrected chi connectivity index (χ2v) is 6.06. The number of carbonyl (C=O) groups excluding carboxylic acids is 1. The van der Waals surface area contributed by atoms with Gasteiger partial charge in [-0.05, 0) is 49.2 Å². The van der Waals surface area contributed by atoms with Crippen LogP contribution in [-0.2, 0) is 11.3 Å². The van der Waals surface area contributed by atoms with Gasteiger partial charge in [0, 0.05) is 18.8 Å². The van der Waals surface area contributed by atoms with E-state index >= 15 is 0 Å². The lowest BCUT2D eigenvalue weighted by atomic mass is 9.96. The van der Waals surface area contributed by atoms with Crippen LogP contribution in [0.2, 0.25) is 0 Å². The molecule has 2 aromatic rings.